The van der Waals surface area contributed by atoms with Gasteiger partial charge in [-0.1, -0.05) is 0 Å². The summed E-state index contributed by atoms with van der Waals surface area (Å²) in [5, 5.41) is 9.61. The summed E-state index contributed by atoms with van der Waals surface area (Å²) in [7, 11) is 0. The Morgan fingerprint density at radius 1 is 1.60 bits per heavy atom. The van der Waals surface area contributed by atoms with Gasteiger partial charge in [0, 0.05) is 6.54 Å². The molecule has 2 bridgehead atoms. The summed E-state index contributed by atoms with van der Waals surface area (Å²) >= 11 is -2.75. The number of hydroxylamine groups is 2. The van der Waals surface area contributed by atoms with Crippen molar-refractivity contribution in [2.24, 2.45) is 0 Å². The highest BCUT2D eigenvalue weighted by molar-refractivity contribution is 7.74. The van der Waals surface area contributed by atoms with Crippen LogP contribution < -0.4 is 0 Å². The molecule has 0 spiro atoms. The molecule has 0 aromatic heterocycles. The summed E-state index contributed by atoms with van der Waals surface area (Å²) in [6.45, 7) is 0.355. The first-order valence-electron chi connectivity index (χ1n) is 4.40. The van der Waals surface area contributed by atoms with Crippen LogP contribution in [0.3, 0.4) is 0 Å². The number of piperidine rings is 1. The van der Waals surface area contributed by atoms with Crippen molar-refractivity contribution in [2.45, 2.75) is 24.9 Å². The van der Waals surface area contributed by atoms with E-state index in [9.17, 15) is 13.6 Å². The number of nitriles is 1. The van der Waals surface area contributed by atoms with E-state index in [2.05, 4.69) is 4.28 Å². The van der Waals surface area contributed by atoms with Crippen molar-refractivity contribution < 1.29 is 17.8 Å². The van der Waals surface area contributed by atoms with Crippen LogP contribution in [-0.4, -0.2) is 43.4 Å². The van der Waals surface area contributed by atoms with Gasteiger partial charge in [-0.15, -0.1) is 0 Å². The average Bonchev–Trinajstić information content (AvgIpc) is 2.44. The van der Waals surface area contributed by atoms with Crippen molar-refractivity contribution in [3.05, 3.63) is 0 Å². The molecule has 15 heavy (non-hydrogen) atoms. The van der Waals surface area contributed by atoms with E-state index in [0.717, 1.165) is 5.06 Å². The van der Waals surface area contributed by atoms with Crippen LogP contribution in [0.25, 0.3) is 0 Å². The zero-order valence-electron chi connectivity index (χ0n) is 7.66. The number of hydrogen-bond acceptors (Lipinski definition) is 5. The average molecular weight is 230 g/mol. The molecule has 0 aliphatic carbocycles. The molecule has 2 amide bonds. The Labute approximate surface area is 88.6 Å². The zero-order chi connectivity index (χ0) is 11.0. The lowest BCUT2D eigenvalue weighted by atomic mass is 10.0. The van der Waals surface area contributed by atoms with Gasteiger partial charge in [0.05, 0.1) is 12.1 Å². The van der Waals surface area contributed by atoms with Crippen LogP contribution in [0.5, 0.6) is 0 Å². The maximum Gasteiger partial charge on any atom is 0.346 e. The van der Waals surface area contributed by atoms with E-state index in [-0.39, 0.29) is 6.04 Å². The molecule has 2 heterocycles. The molecule has 3 atom stereocenters. The third kappa shape index (κ3) is 1.69. The van der Waals surface area contributed by atoms with Gasteiger partial charge in [-0.2, -0.15) is 14.6 Å². The monoisotopic (exact) mass is 230 g/mol. The molecule has 0 aromatic carbocycles. The number of rotatable bonds is 2. The fraction of sp³-hybridized carbons (Fsp3) is 0.714. The molecular formula is C7H8N3O4S-. The maximum atomic E-state index is 11.6. The van der Waals surface area contributed by atoms with Crippen molar-refractivity contribution in [3.8, 4) is 6.07 Å². The highest BCUT2D eigenvalue weighted by atomic mass is 32.2. The Hall–Kier alpha value is -1.17. The molecular weight excluding hydrogens is 222 g/mol. The lowest BCUT2D eigenvalue weighted by molar-refractivity contribution is -0.0238. The van der Waals surface area contributed by atoms with Crippen LogP contribution in [-0.2, 0) is 15.6 Å². The number of carbonyl (C=O) groups excluding carboxylic acids is 1. The molecule has 0 radical (unpaired) electrons. The molecule has 7 nitrogen and oxygen atoms in total. The Morgan fingerprint density at radius 3 is 2.93 bits per heavy atom. The molecule has 1 unspecified atom stereocenters. The van der Waals surface area contributed by atoms with E-state index in [0.29, 0.717) is 19.4 Å². The van der Waals surface area contributed by atoms with E-state index in [4.69, 9.17) is 5.26 Å². The molecule has 82 valence electrons. The summed E-state index contributed by atoms with van der Waals surface area (Å²) in [6, 6.07) is 0.723. The van der Waals surface area contributed by atoms with Gasteiger partial charge >= 0.3 is 6.03 Å². The van der Waals surface area contributed by atoms with Crippen molar-refractivity contribution in [1.29, 1.82) is 5.26 Å². The fourth-order valence-corrected chi connectivity index (χ4v) is 2.25. The third-order valence-corrected chi connectivity index (χ3v) is 2.90. The number of urea groups is 1. The van der Waals surface area contributed by atoms with Gasteiger partial charge in [0.1, 0.15) is 17.4 Å². The summed E-state index contributed by atoms with van der Waals surface area (Å²) in [5.74, 6) is 0. The van der Waals surface area contributed by atoms with E-state index >= 15 is 0 Å². The predicted octanol–water partition coefficient (Wildman–Crippen LogP) is -0.496. The van der Waals surface area contributed by atoms with Crippen LogP contribution in [0.2, 0.25) is 0 Å². The lowest BCUT2D eigenvalue weighted by Gasteiger charge is -2.24. The second kappa shape index (κ2) is 3.77. The first-order valence-corrected chi connectivity index (χ1v) is 5.40. The molecule has 2 aliphatic rings. The SMILES string of the molecule is N#C[C@@H]1CC[C@@H]2CN1C(=O)N2OS(=O)[O-]. The van der Waals surface area contributed by atoms with Gasteiger partial charge in [0.25, 0.3) is 0 Å². The number of amides is 2. The van der Waals surface area contributed by atoms with Gasteiger partial charge in [-0.05, 0) is 12.8 Å². The van der Waals surface area contributed by atoms with Crippen LogP contribution >= 0.6 is 0 Å². The lowest BCUT2D eigenvalue weighted by Crippen LogP contribution is -2.38. The standard InChI is InChI=1S/C7H9N3O4S/c8-3-5-1-2-6-4-9(5)7(11)10(6)14-15(12)13/h5-6H,1-2,4H2,(H,12,13)/p-1/t5-,6+/m0/s1. The van der Waals surface area contributed by atoms with Crippen molar-refractivity contribution in [3.63, 3.8) is 0 Å². The normalized spacial score (nSPS) is 31.6. The minimum atomic E-state index is -2.75. The third-order valence-electron chi connectivity index (χ3n) is 2.61. The number of hydrogen-bond donors (Lipinski definition) is 0. The Bertz CT molecular complexity index is 355. The summed E-state index contributed by atoms with van der Waals surface area (Å²) in [4.78, 5) is 12.9. The van der Waals surface area contributed by atoms with Crippen molar-refractivity contribution >= 4 is 17.4 Å². The highest BCUT2D eigenvalue weighted by Crippen LogP contribution is 2.29. The summed E-state index contributed by atoms with van der Waals surface area (Å²) < 4.78 is 25.1. The van der Waals surface area contributed by atoms with Crippen LogP contribution in [0.1, 0.15) is 12.8 Å². The van der Waals surface area contributed by atoms with Gasteiger partial charge in [0.2, 0.25) is 0 Å². The van der Waals surface area contributed by atoms with Gasteiger partial charge in [-0.3, -0.25) is 0 Å². The van der Waals surface area contributed by atoms with Crippen LogP contribution in [0.15, 0.2) is 0 Å². The molecule has 8 heteroatoms. The Morgan fingerprint density at radius 2 is 2.33 bits per heavy atom. The molecule has 0 N–H and O–H groups in total. The fourth-order valence-electron chi connectivity index (χ4n) is 1.93. The van der Waals surface area contributed by atoms with Crippen LogP contribution in [0, 0.1) is 11.3 Å². The molecule has 2 fully saturated rings. The second-order valence-corrected chi connectivity index (χ2v) is 3.97. The van der Waals surface area contributed by atoms with Crippen molar-refractivity contribution in [2.75, 3.05) is 6.54 Å². The first-order chi connectivity index (χ1) is 7.13. The molecule has 2 saturated heterocycles. The van der Waals surface area contributed by atoms with Gasteiger partial charge in [-0.25, -0.2) is 9.00 Å². The maximum absolute atomic E-state index is 11.6. The Balaban J connectivity index is 2.15. The van der Waals surface area contributed by atoms with Crippen molar-refractivity contribution in [1.82, 2.24) is 9.96 Å². The predicted molar refractivity (Wildman–Crippen MR) is 46.4 cm³/mol. The zero-order valence-corrected chi connectivity index (χ0v) is 8.48. The van der Waals surface area contributed by atoms with Gasteiger partial charge < -0.3 is 9.45 Å². The number of fused-ring (bicyclic) bond motifs is 2. The first kappa shape index (κ1) is 10.4. The summed E-state index contributed by atoms with van der Waals surface area (Å²) in [5.41, 5.74) is 0. The van der Waals surface area contributed by atoms with E-state index < -0.39 is 23.4 Å². The van der Waals surface area contributed by atoms with Crippen LogP contribution in [0.4, 0.5) is 4.79 Å². The van der Waals surface area contributed by atoms with E-state index in [1.807, 2.05) is 6.07 Å². The topological polar surface area (TPSA) is 96.7 Å². The minimum Gasteiger partial charge on any atom is -0.748 e. The molecule has 2 aliphatic heterocycles. The second-order valence-electron chi connectivity index (χ2n) is 3.42. The molecule has 0 saturated carbocycles. The number of carbonyl (C=O) groups is 1. The van der Waals surface area contributed by atoms with Gasteiger partial charge in [0.15, 0.2) is 0 Å². The highest BCUT2D eigenvalue weighted by Gasteiger charge is 2.46. The molecule has 2 rings (SSSR count). The van der Waals surface area contributed by atoms with E-state index in [1.165, 1.54) is 4.90 Å². The Kier molecular flexibility index (Phi) is 2.60. The van der Waals surface area contributed by atoms with E-state index in [1.54, 1.807) is 0 Å². The quantitative estimate of drug-likeness (QED) is 0.596. The number of nitrogens with zero attached hydrogens (tertiary/aromatic N) is 3. The largest absolute Gasteiger partial charge is 0.748 e. The summed E-state index contributed by atoms with van der Waals surface area (Å²) in [6.07, 6.45) is 1.13. The smallest absolute Gasteiger partial charge is 0.346 e. The molecule has 0 aromatic rings. The minimum absolute atomic E-state index is 0.264.